The second kappa shape index (κ2) is 6.27. The van der Waals surface area contributed by atoms with Crippen LogP contribution in [0.25, 0.3) is 6.08 Å². The van der Waals surface area contributed by atoms with Crippen LogP contribution in [-0.4, -0.2) is 24.0 Å². The van der Waals surface area contributed by atoms with Crippen molar-refractivity contribution in [2.24, 2.45) is 0 Å². The van der Waals surface area contributed by atoms with Crippen molar-refractivity contribution in [3.8, 4) is 0 Å². The molecule has 0 fully saturated rings. The van der Waals surface area contributed by atoms with Crippen LogP contribution in [0.15, 0.2) is 48.2 Å². The van der Waals surface area contributed by atoms with Crippen LogP contribution in [0, 0.1) is 0 Å². The second-order valence-electron chi connectivity index (χ2n) is 3.17. The monoisotopic (exact) mass is 232 g/mol. The second-order valence-corrected chi connectivity index (χ2v) is 3.17. The van der Waals surface area contributed by atoms with Gasteiger partial charge in [-0.25, -0.2) is 4.79 Å². The number of hydrogen-bond acceptors (Lipinski definition) is 4. The third kappa shape index (κ3) is 4.34. The molecule has 1 aromatic carbocycles. The molecule has 0 radical (unpaired) electrons. The molecule has 0 spiro atoms. The van der Waals surface area contributed by atoms with Gasteiger partial charge in [-0.2, -0.15) is 0 Å². The summed E-state index contributed by atoms with van der Waals surface area (Å²) in [5.41, 5.74) is 0.854. The van der Waals surface area contributed by atoms with E-state index < -0.39 is 17.5 Å². The van der Waals surface area contributed by atoms with Crippen molar-refractivity contribution in [1.82, 2.24) is 0 Å². The summed E-state index contributed by atoms with van der Waals surface area (Å²) in [6, 6.07) is 9.20. The first-order valence-electron chi connectivity index (χ1n) is 4.89. The van der Waals surface area contributed by atoms with E-state index in [1.807, 2.05) is 30.3 Å². The Labute approximate surface area is 98.8 Å². The average Bonchev–Trinajstić information content (AvgIpc) is 2.36. The third-order valence-corrected chi connectivity index (χ3v) is 1.91. The first-order chi connectivity index (χ1) is 8.13. The Balaban J connectivity index is 2.68. The molecule has 0 aliphatic heterocycles. The highest BCUT2D eigenvalue weighted by molar-refractivity contribution is 6.05. The van der Waals surface area contributed by atoms with E-state index >= 15 is 0 Å². The summed E-state index contributed by atoms with van der Waals surface area (Å²) in [5, 5.41) is 9.12. The van der Waals surface area contributed by atoms with Gasteiger partial charge in [-0.3, -0.25) is 4.79 Å². The molecule has 1 N–H and O–H groups in total. The van der Waals surface area contributed by atoms with Crippen LogP contribution in [0.3, 0.4) is 0 Å². The van der Waals surface area contributed by atoms with Crippen molar-refractivity contribution in [2.75, 3.05) is 7.11 Å². The summed E-state index contributed by atoms with van der Waals surface area (Å²) in [7, 11) is 1.12. The van der Waals surface area contributed by atoms with Gasteiger partial charge in [-0.1, -0.05) is 36.4 Å². The van der Waals surface area contributed by atoms with Crippen LogP contribution in [0.2, 0.25) is 0 Å². The molecule has 0 aromatic heterocycles. The molecular weight excluding hydrogens is 220 g/mol. The summed E-state index contributed by atoms with van der Waals surface area (Å²) < 4.78 is 4.24. The maximum absolute atomic E-state index is 11.3. The minimum Gasteiger partial charge on any atom is -0.502 e. The predicted molar refractivity (Wildman–Crippen MR) is 63.2 cm³/mol. The van der Waals surface area contributed by atoms with Crippen molar-refractivity contribution in [3.63, 3.8) is 0 Å². The lowest BCUT2D eigenvalue weighted by molar-refractivity contribution is -0.139. The van der Waals surface area contributed by atoms with Crippen LogP contribution in [0.1, 0.15) is 5.56 Å². The fourth-order valence-electron chi connectivity index (χ4n) is 1.09. The summed E-state index contributed by atoms with van der Waals surface area (Å²) in [5.74, 6) is -2.14. The largest absolute Gasteiger partial charge is 0.502 e. The molecule has 0 saturated carbocycles. The number of carbonyl (C=O) groups excluding carboxylic acids is 2. The van der Waals surface area contributed by atoms with Gasteiger partial charge in [0, 0.05) is 6.08 Å². The number of aliphatic hydroxyl groups excluding tert-OH is 1. The molecule has 0 atom stereocenters. The van der Waals surface area contributed by atoms with Crippen LogP contribution in [0.4, 0.5) is 0 Å². The molecule has 4 heteroatoms. The zero-order valence-electron chi connectivity index (χ0n) is 9.29. The molecule has 88 valence electrons. The number of esters is 1. The standard InChI is InChI=1S/C13H12O4/c1-17-13(16)12(15)9-11(14)8-7-10-5-3-2-4-6-10/h2-9,15H,1H3/b8-7-,12-9-. The number of aliphatic hydroxyl groups is 1. The highest BCUT2D eigenvalue weighted by Gasteiger charge is 2.07. The topological polar surface area (TPSA) is 63.6 Å². The summed E-state index contributed by atoms with van der Waals surface area (Å²) in [6.45, 7) is 0. The first-order valence-corrected chi connectivity index (χ1v) is 4.89. The van der Waals surface area contributed by atoms with Crippen LogP contribution < -0.4 is 0 Å². The van der Waals surface area contributed by atoms with E-state index in [2.05, 4.69) is 4.74 Å². The Kier molecular flexibility index (Phi) is 4.69. The van der Waals surface area contributed by atoms with Gasteiger partial charge < -0.3 is 9.84 Å². The Bertz CT molecular complexity index is 458. The minimum absolute atomic E-state index is 0.489. The molecule has 4 nitrogen and oxygen atoms in total. The Hall–Kier alpha value is -2.36. The smallest absolute Gasteiger partial charge is 0.373 e. The normalized spacial score (nSPS) is 11.5. The summed E-state index contributed by atoms with van der Waals surface area (Å²) in [6.07, 6.45) is 3.66. The maximum Gasteiger partial charge on any atom is 0.373 e. The van der Waals surface area contributed by atoms with Gasteiger partial charge in [0.15, 0.2) is 5.78 Å². The number of hydrogen-bond donors (Lipinski definition) is 1. The molecule has 0 unspecified atom stereocenters. The molecule has 0 heterocycles. The van der Waals surface area contributed by atoms with Crippen molar-refractivity contribution in [2.45, 2.75) is 0 Å². The lowest BCUT2D eigenvalue weighted by atomic mass is 10.2. The molecule has 1 aromatic rings. The predicted octanol–water partition coefficient (Wildman–Crippen LogP) is 1.88. The maximum atomic E-state index is 11.3. The highest BCUT2D eigenvalue weighted by atomic mass is 16.5. The van der Waals surface area contributed by atoms with Crippen LogP contribution >= 0.6 is 0 Å². The summed E-state index contributed by atoms with van der Waals surface area (Å²) >= 11 is 0. The van der Waals surface area contributed by atoms with Gasteiger partial charge in [0.25, 0.3) is 0 Å². The number of ether oxygens (including phenoxy) is 1. The molecule has 0 aliphatic carbocycles. The average molecular weight is 232 g/mol. The summed E-state index contributed by atoms with van der Waals surface area (Å²) in [4.78, 5) is 22.1. The molecular formula is C13H12O4. The molecule has 0 saturated heterocycles. The highest BCUT2D eigenvalue weighted by Crippen LogP contribution is 2.01. The van der Waals surface area contributed by atoms with Crippen LogP contribution in [0.5, 0.6) is 0 Å². The van der Waals surface area contributed by atoms with Gasteiger partial charge >= 0.3 is 5.97 Å². The van der Waals surface area contributed by atoms with Crippen molar-refractivity contribution < 1.29 is 19.4 Å². The van der Waals surface area contributed by atoms with E-state index in [4.69, 9.17) is 5.11 Å². The fraction of sp³-hybridized carbons (Fsp3) is 0.0769. The van der Waals surface area contributed by atoms with Crippen molar-refractivity contribution >= 4 is 17.8 Å². The van der Waals surface area contributed by atoms with Gasteiger partial charge in [0.05, 0.1) is 7.11 Å². The van der Waals surface area contributed by atoms with E-state index in [0.29, 0.717) is 0 Å². The number of ketones is 1. The van der Waals surface area contributed by atoms with Crippen molar-refractivity contribution in [1.29, 1.82) is 0 Å². The Morgan fingerprint density at radius 1 is 1.24 bits per heavy atom. The number of methoxy groups -OCH3 is 1. The molecule has 0 aliphatic rings. The zero-order valence-corrected chi connectivity index (χ0v) is 9.29. The quantitative estimate of drug-likeness (QED) is 0.489. The lowest BCUT2D eigenvalue weighted by Gasteiger charge is -1.95. The van der Waals surface area contributed by atoms with Gasteiger partial charge in [0.2, 0.25) is 5.76 Å². The Morgan fingerprint density at radius 2 is 1.88 bits per heavy atom. The number of carbonyl (C=O) groups is 2. The first kappa shape index (κ1) is 12.7. The molecule has 0 amide bonds. The number of allylic oxidation sites excluding steroid dienone is 2. The number of rotatable bonds is 4. The SMILES string of the molecule is COC(=O)/C(O)=C/C(=O)/C=C\c1ccccc1. The van der Waals surface area contributed by atoms with E-state index in [9.17, 15) is 9.59 Å². The number of benzene rings is 1. The lowest BCUT2D eigenvalue weighted by Crippen LogP contribution is -2.05. The van der Waals surface area contributed by atoms with Crippen LogP contribution in [-0.2, 0) is 14.3 Å². The van der Waals surface area contributed by atoms with Crippen molar-refractivity contribution in [3.05, 3.63) is 53.8 Å². The van der Waals surface area contributed by atoms with Gasteiger partial charge in [-0.15, -0.1) is 0 Å². The van der Waals surface area contributed by atoms with E-state index in [0.717, 1.165) is 18.7 Å². The fourth-order valence-corrected chi connectivity index (χ4v) is 1.09. The molecule has 0 bridgehead atoms. The zero-order chi connectivity index (χ0) is 12.7. The minimum atomic E-state index is -0.938. The Morgan fingerprint density at radius 3 is 2.47 bits per heavy atom. The van der Waals surface area contributed by atoms with Gasteiger partial charge in [-0.05, 0) is 11.6 Å². The molecule has 17 heavy (non-hydrogen) atoms. The van der Waals surface area contributed by atoms with Gasteiger partial charge in [0.1, 0.15) is 0 Å². The molecule has 1 rings (SSSR count). The van der Waals surface area contributed by atoms with E-state index in [1.54, 1.807) is 6.08 Å². The van der Waals surface area contributed by atoms with E-state index in [1.165, 1.54) is 6.08 Å². The van der Waals surface area contributed by atoms with E-state index in [-0.39, 0.29) is 0 Å². The third-order valence-electron chi connectivity index (χ3n) is 1.91.